The van der Waals surface area contributed by atoms with Gasteiger partial charge >= 0.3 is 0 Å². The summed E-state index contributed by atoms with van der Waals surface area (Å²) in [5.41, 5.74) is 2.70. The van der Waals surface area contributed by atoms with Gasteiger partial charge in [0.25, 0.3) is 5.91 Å². The van der Waals surface area contributed by atoms with Crippen molar-refractivity contribution in [3.05, 3.63) is 39.4 Å². The van der Waals surface area contributed by atoms with Crippen LogP contribution in [0.4, 0.5) is 5.13 Å². The first-order valence-corrected chi connectivity index (χ1v) is 7.33. The SMILES string of the molecule is Cc1csc(NC(=O)COc2c(C)cc(Cl)cc2C)n1. The number of anilines is 1. The van der Waals surface area contributed by atoms with Gasteiger partial charge in [0.15, 0.2) is 11.7 Å². The molecule has 2 aromatic rings. The number of rotatable bonds is 4. The van der Waals surface area contributed by atoms with Crippen molar-refractivity contribution in [3.63, 3.8) is 0 Å². The van der Waals surface area contributed by atoms with E-state index < -0.39 is 0 Å². The summed E-state index contributed by atoms with van der Waals surface area (Å²) in [6.45, 7) is 5.62. The van der Waals surface area contributed by atoms with Crippen molar-refractivity contribution in [1.82, 2.24) is 4.98 Å². The van der Waals surface area contributed by atoms with Gasteiger partial charge < -0.3 is 4.74 Å². The van der Waals surface area contributed by atoms with Crippen LogP contribution in [-0.4, -0.2) is 17.5 Å². The van der Waals surface area contributed by atoms with E-state index in [1.165, 1.54) is 11.3 Å². The van der Waals surface area contributed by atoms with Gasteiger partial charge in [0.05, 0.1) is 5.69 Å². The number of halogens is 1. The van der Waals surface area contributed by atoms with Crippen LogP contribution in [0.2, 0.25) is 5.02 Å². The van der Waals surface area contributed by atoms with Crippen molar-refractivity contribution in [1.29, 1.82) is 0 Å². The molecular weight excluding hydrogens is 296 g/mol. The van der Waals surface area contributed by atoms with Crippen LogP contribution >= 0.6 is 22.9 Å². The molecule has 2 rings (SSSR count). The Kier molecular flexibility index (Phi) is 4.62. The van der Waals surface area contributed by atoms with Crippen LogP contribution in [0, 0.1) is 20.8 Å². The highest BCUT2D eigenvalue weighted by Gasteiger charge is 2.10. The predicted molar refractivity (Wildman–Crippen MR) is 81.9 cm³/mol. The van der Waals surface area contributed by atoms with Gasteiger partial charge in [-0.15, -0.1) is 11.3 Å². The molecule has 0 spiro atoms. The van der Waals surface area contributed by atoms with Gasteiger partial charge in [0.2, 0.25) is 0 Å². The molecule has 0 aliphatic heterocycles. The van der Waals surface area contributed by atoms with E-state index in [1.807, 2.05) is 38.3 Å². The van der Waals surface area contributed by atoms with Gasteiger partial charge in [-0.3, -0.25) is 10.1 Å². The number of hydrogen-bond donors (Lipinski definition) is 1. The highest BCUT2D eigenvalue weighted by atomic mass is 35.5. The Morgan fingerprint density at radius 1 is 1.35 bits per heavy atom. The van der Waals surface area contributed by atoms with E-state index in [4.69, 9.17) is 16.3 Å². The zero-order chi connectivity index (χ0) is 14.7. The van der Waals surface area contributed by atoms with Gasteiger partial charge in [0, 0.05) is 10.4 Å². The lowest BCUT2D eigenvalue weighted by atomic mass is 10.1. The Balaban J connectivity index is 1.97. The van der Waals surface area contributed by atoms with E-state index in [9.17, 15) is 4.79 Å². The van der Waals surface area contributed by atoms with Gasteiger partial charge in [-0.1, -0.05) is 11.6 Å². The summed E-state index contributed by atoms with van der Waals surface area (Å²) in [5, 5.41) is 5.83. The van der Waals surface area contributed by atoms with Crippen molar-refractivity contribution < 1.29 is 9.53 Å². The molecule has 4 nitrogen and oxygen atoms in total. The van der Waals surface area contributed by atoms with E-state index in [0.29, 0.717) is 15.9 Å². The maximum atomic E-state index is 11.8. The Hall–Kier alpha value is -1.59. The average Bonchev–Trinajstić information content (AvgIpc) is 2.73. The molecule has 0 bridgehead atoms. The zero-order valence-electron chi connectivity index (χ0n) is 11.5. The summed E-state index contributed by atoms with van der Waals surface area (Å²) in [4.78, 5) is 16.0. The first kappa shape index (κ1) is 14.8. The van der Waals surface area contributed by atoms with Crippen molar-refractivity contribution in [3.8, 4) is 5.75 Å². The largest absolute Gasteiger partial charge is 0.483 e. The average molecular weight is 311 g/mol. The van der Waals surface area contributed by atoms with Crippen molar-refractivity contribution in [2.75, 3.05) is 11.9 Å². The molecule has 6 heteroatoms. The van der Waals surface area contributed by atoms with Gasteiger partial charge in [-0.25, -0.2) is 4.98 Å². The first-order chi connectivity index (χ1) is 9.45. The molecule has 1 aromatic carbocycles. The number of ether oxygens (including phenoxy) is 1. The predicted octanol–water partition coefficient (Wildman–Crippen LogP) is 3.74. The summed E-state index contributed by atoms with van der Waals surface area (Å²) < 4.78 is 5.57. The molecule has 0 atom stereocenters. The van der Waals surface area contributed by atoms with E-state index in [-0.39, 0.29) is 12.5 Å². The van der Waals surface area contributed by atoms with Gasteiger partial charge in [-0.2, -0.15) is 0 Å². The Morgan fingerprint density at radius 3 is 2.55 bits per heavy atom. The molecular formula is C14H15ClN2O2S. The number of carbonyl (C=O) groups is 1. The van der Waals surface area contributed by atoms with Crippen LogP contribution in [0.1, 0.15) is 16.8 Å². The molecule has 0 saturated heterocycles. The van der Waals surface area contributed by atoms with E-state index in [1.54, 1.807) is 0 Å². The number of hydrogen-bond acceptors (Lipinski definition) is 4. The second kappa shape index (κ2) is 6.24. The molecule has 0 fully saturated rings. The fourth-order valence-electron chi connectivity index (χ4n) is 1.83. The minimum Gasteiger partial charge on any atom is -0.483 e. The number of thiazole rings is 1. The van der Waals surface area contributed by atoms with Crippen LogP contribution < -0.4 is 10.1 Å². The molecule has 1 N–H and O–H groups in total. The van der Waals surface area contributed by atoms with Crippen molar-refractivity contribution in [2.45, 2.75) is 20.8 Å². The minimum atomic E-state index is -0.229. The quantitative estimate of drug-likeness (QED) is 0.936. The van der Waals surface area contributed by atoms with Gasteiger partial charge in [0.1, 0.15) is 5.75 Å². The third kappa shape index (κ3) is 3.71. The molecule has 1 aromatic heterocycles. The van der Waals surface area contributed by atoms with Crippen LogP contribution in [0.5, 0.6) is 5.75 Å². The zero-order valence-corrected chi connectivity index (χ0v) is 13.1. The van der Waals surface area contributed by atoms with E-state index in [0.717, 1.165) is 16.8 Å². The number of aromatic nitrogens is 1. The van der Waals surface area contributed by atoms with Gasteiger partial charge in [-0.05, 0) is 44.0 Å². The number of nitrogens with zero attached hydrogens (tertiary/aromatic N) is 1. The summed E-state index contributed by atoms with van der Waals surface area (Å²) in [5.74, 6) is 0.466. The number of nitrogens with one attached hydrogen (secondary N) is 1. The summed E-state index contributed by atoms with van der Waals surface area (Å²) in [7, 11) is 0. The lowest BCUT2D eigenvalue weighted by Crippen LogP contribution is -2.20. The smallest absolute Gasteiger partial charge is 0.264 e. The molecule has 0 aliphatic rings. The molecule has 0 saturated carbocycles. The van der Waals surface area contributed by atoms with Crippen molar-refractivity contribution in [2.24, 2.45) is 0 Å². The lowest BCUT2D eigenvalue weighted by Gasteiger charge is -2.12. The fourth-order valence-corrected chi connectivity index (χ4v) is 2.86. The Morgan fingerprint density at radius 2 is 2.00 bits per heavy atom. The topological polar surface area (TPSA) is 51.2 Å². The summed E-state index contributed by atoms with van der Waals surface area (Å²) in [6.07, 6.45) is 0. The Labute approximate surface area is 126 Å². The summed E-state index contributed by atoms with van der Waals surface area (Å²) >= 11 is 7.34. The molecule has 0 aliphatic carbocycles. The van der Waals surface area contributed by atoms with Crippen LogP contribution in [0.3, 0.4) is 0 Å². The number of amides is 1. The molecule has 1 amide bonds. The molecule has 20 heavy (non-hydrogen) atoms. The maximum Gasteiger partial charge on any atom is 0.264 e. The normalized spacial score (nSPS) is 10.4. The number of carbonyl (C=O) groups excluding carboxylic acids is 1. The number of aryl methyl sites for hydroxylation is 3. The molecule has 0 radical (unpaired) electrons. The second-order valence-electron chi connectivity index (χ2n) is 4.50. The first-order valence-electron chi connectivity index (χ1n) is 6.07. The van der Waals surface area contributed by atoms with Crippen LogP contribution in [0.25, 0.3) is 0 Å². The van der Waals surface area contributed by atoms with Crippen molar-refractivity contribution >= 4 is 34.0 Å². The summed E-state index contributed by atoms with van der Waals surface area (Å²) in [6, 6.07) is 3.62. The monoisotopic (exact) mass is 310 g/mol. The third-order valence-electron chi connectivity index (χ3n) is 2.64. The standard InChI is InChI=1S/C14H15ClN2O2S/c1-8-4-11(15)5-9(2)13(8)19-6-12(18)17-14-16-10(3)7-20-14/h4-5,7H,6H2,1-3H3,(H,16,17,18). The second-order valence-corrected chi connectivity index (χ2v) is 5.79. The van der Waals surface area contributed by atoms with E-state index >= 15 is 0 Å². The Bertz CT molecular complexity index is 617. The van der Waals surface area contributed by atoms with E-state index in [2.05, 4.69) is 10.3 Å². The van der Waals surface area contributed by atoms with Crippen LogP contribution in [0.15, 0.2) is 17.5 Å². The molecule has 106 valence electrons. The fraction of sp³-hybridized carbons (Fsp3) is 0.286. The highest BCUT2D eigenvalue weighted by Crippen LogP contribution is 2.27. The molecule has 1 heterocycles. The lowest BCUT2D eigenvalue weighted by molar-refractivity contribution is -0.118. The molecule has 0 unspecified atom stereocenters. The maximum absolute atomic E-state index is 11.8. The number of benzene rings is 1. The van der Waals surface area contributed by atoms with Crippen LogP contribution in [-0.2, 0) is 4.79 Å². The third-order valence-corrected chi connectivity index (χ3v) is 3.73. The highest BCUT2D eigenvalue weighted by molar-refractivity contribution is 7.13. The minimum absolute atomic E-state index is 0.0536.